The Morgan fingerprint density at radius 2 is 1.65 bits per heavy atom. The van der Waals surface area contributed by atoms with Crippen molar-refractivity contribution >= 4 is 0 Å². The third-order valence-electron chi connectivity index (χ3n) is 3.54. The SMILES string of the molecule is CC(C)(C)CNCCC(C)(C)N1CCNCC1. The summed E-state index contributed by atoms with van der Waals surface area (Å²) < 4.78 is 0. The summed E-state index contributed by atoms with van der Waals surface area (Å²) in [7, 11) is 0. The molecule has 0 aromatic rings. The lowest BCUT2D eigenvalue weighted by atomic mass is 9.95. The van der Waals surface area contributed by atoms with E-state index in [1.54, 1.807) is 0 Å². The fourth-order valence-corrected chi connectivity index (χ4v) is 2.29. The fraction of sp³-hybridized carbons (Fsp3) is 1.00. The van der Waals surface area contributed by atoms with E-state index in [2.05, 4.69) is 50.2 Å². The van der Waals surface area contributed by atoms with Crippen LogP contribution in [0, 0.1) is 5.41 Å². The van der Waals surface area contributed by atoms with Gasteiger partial charge in [-0.3, -0.25) is 4.90 Å². The smallest absolute Gasteiger partial charge is 0.0166 e. The predicted octanol–water partition coefficient (Wildman–Crippen LogP) is 1.70. The number of rotatable bonds is 5. The summed E-state index contributed by atoms with van der Waals surface area (Å²) in [5.41, 5.74) is 0.714. The van der Waals surface area contributed by atoms with E-state index in [0.717, 1.165) is 26.2 Å². The van der Waals surface area contributed by atoms with Crippen LogP contribution in [0.4, 0.5) is 0 Å². The predicted molar refractivity (Wildman–Crippen MR) is 75.5 cm³/mol. The molecule has 1 aliphatic heterocycles. The van der Waals surface area contributed by atoms with Crippen LogP contribution in [0.15, 0.2) is 0 Å². The zero-order valence-electron chi connectivity index (χ0n) is 12.4. The molecule has 3 nitrogen and oxygen atoms in total. The topological polar surface area (TPSA) is 27.3 Å². The van der Waals surface area contributed by atoms with Gasteiger partial charge in [0.25, 0.3) is 0 Å². The van der Waals surface area contributed by atoms with E-state index >= 15 is 0 Å². The minimum Gasteiger partial charge on any atom is -0.316 e. The van der Waals surface area contributed by atoms with Crippen LogP contribution in [-0.4, -0.2) is 49.7 Å². The Hall–Kier alpha value is -0.120. The normalized spacial score (nSPS) is 19.6. The molecule has 1 fully saturated rings. The molecule has 0 aromatic heterocycles. The summed E-state index contributed by atoms with van der Waals surface area (Å²) in [5, 5.41) is 6.99. The van der Waals surface area contributed by atoms with E-state index < -0.39 is 0 Å². The van der Waals surface area contributed by atoms with Crippen LogP contribution in [0.1, 0.15) is 41.0 Å². The van der Waals surface area contributed by atoms with Gasteiger partial charge in [-0.2, -0.15) is 0 Å². The van der Waals surface area contributed by atoms with Gasteiger partial charge in [0.15, 0.2) is 0 Å². The number of nitrogens with one attached hydrogen (secondary N) is 2. The Morgan fingerprint density at radius 1 is 1.06 bits per heavy atom. The average molecular weight is 241 g/mol. The van der Waals surface area contributed by atoms with E-state index in [9.17, 15) is 0 Å². The van der Waals surface area contributed by atoms with Gasteiger partial charge in [-0.25, -0.2) is 0 Å². The first-order chi connectivity index (χ1) is 7.81. The van der Waals surface area contributed by atoms with E-state index in [1.165, 1.54) is 19.5 Å². The monoisotopic (exact) mass is 241 g/mol. The molecule has 0 aromatic carbocycles. The quantitative estimate of drug-likeness (QED) is 0.717. The van der Waals surface area contributed by atoms with E-state index in [1.807, 2.05) is 0 Å². The highest BCUT2D eigenvalue weighted by molar-refractivity contribution is 4.85. The molecular formula is C14H31N3. The maximum atomic E-state index is 3.58. The van der Waals surface area contributed by atoms with Crippen LogP contribution >= 0.6 is 0 Å². The van der Waals surface area contributed by atoms with Crippen molar-refractivity contribution < 1.29 is 0 Å². The molecule has 0 radical (unpaired) electrons. The fourth-order valence-electron chi connectivity index (χ4n) is 2.29. The number of hydrogen-bond donors (Lipinski definition) is 2. The van der Waals surface area contributed by atoms with Crippen molar-refractivity contribution in [1.29, 1.82) is 0 Å². The van der Waals surface area contributed by atoms with Crippen molar-refractivity contribution in [1.82, 2.24) is 15.5 Å². The van der Waals surface area contributed by atoms with Crippen molar-refractivity contribution in [2.24, 2.45) is 5.41 Å². The molecule has 2 N–H and O–H groups in total. The molecule has 0 atom stereocenters. The lowest BCUT2D eigenvalue weighted by molar-refractivity contribution is 0.0950. The van der Waals surface area contributed by atoms with Crippen molar-refractivity contribution in [3.63, 3.8) is 0 Å². The second-order valence-electron chi connectivity index (χ2n) is 7.04. The van der Waals surface area contributed by atoms with Gasteiger partial charge in [0, 0.05) is 31.7 Å². The van der Waals surface area contributed by atoms with Gasteiger partial charge in [-0.05, 0) is 38.8 Å². The highest BCUT2D eigenvalue weighted by Crippen LogP contribution is 2.19. The highest BCUT2D eigenvalue weighted by atomic mass is 15.2. The second kappa shape index (κ2) is 6.17. The lowest BCUT2D eigenvalue weighted by Crippen LogP contribution is -2.54. The Kier molecular flexibility index (Phi) is 5.42. The van der Waals surface area contributed by atoms with Gasteiger partial charge < -0.3 is 10.6 Å². The maximum Gasteiger partial charge on any atom is 0.0166 e. The zero-order valence-corrected chi connectivity index (χ0v) is 12.4. The summed E-state index contributed by atoms with van der Waals surface area (Å²) in [6.07, 6.45) is 1.23. The Balaban J connectivity index is 2.24. The second-order valence-corrected chi connectivity index (χ2v) is 7.04. The molecule has 0 spiro atoms. The lowest BCUT2D eigenvalue weighted by Gasteiger charge is -2.41. The zero-order chi connectivity index (χ0) is 12.9. The Bertz CT molecular complexity index is 212. The average Bonchev–Trinajstić information content (AvgIpc) is 2.25. The molecule has 102 valence electrons. The van der Waals surface area contributed by atoms with Crippen LogP contribution < -0.4 is 10.6 Å². The first-order valence-corrected chi connectivity index (χ1v) is 6.98. The van der Waals surface area contributed by atoms with Crippen molar-refractivity contribution in [2.45, 2.75) is 46.6 Å². The van der Waals surface area contributed by atoms with Crippen molar-refractivity contribution in [3.05, 3.63) is 0 Å². The van der Waals surface area contributed by atoms with Gasteiger partial charge in [0.2, 0.25) is 0 Å². The van der Waals surface area contributed by atoms with Crippen LogP contribution in [0.3, 0.4) is 0 Å². The van der Waals surface area contributed by atoms with E-state index in [-0.39, 0.29) is 0 Å². The standard InChI is InChI=1S/C14H31N3/c1-13(2,3)12-16-7-6-14(4,5)17-10-8-15-9-11-17/h15-16H,6-12H2,1-5H3. The first kappa shape index (κ1) is 14.9. The highest BCUT2D eigenvalue weighted by Gasteiger charge is 2.27. The van der Waals surface area contributed by atoms with Gasteiger partial charge >= 0.3 is 0 Å². The molecule has 0 amide bonds. The number of hydrogen-bond acceptors (Lipinski definition) is 3. The summed E-state index contributed by atoms with van der Waals surface area (Å²) >= 11 is 0. The minimum atomic E-state index is 0.326. The van der Waals surface area contributed by atoms with Crippen LogP contribution in [0.25, 0.3) is 0 Å². The molecule has 0 bridgehead atoms. The Morgan fingerprint density at radius 3 is 2.18 bits per heavy atom. The minimum absolute atomic E-state index is 0.326. The molecule has 0 saturated carbocycles. The van der Waals surface area contributed by atoms with Crippen LogP contribution in [0.2, 0.25) is 0 Å². The molecule has 1 rings (SSSR count). The third kappa shape index (κ3) is 5.84. The Labute approximate surface area is 107 Å². The van der Waals surface area contributed by atoms with E-state index in [4.69, 9.17) is 0 Å². The van der Waals surface area contributed by atoms with Gasteiger partial charge in [-0.1, -0.05) is 20.8 Å². The summed E-state index contributed by atoms with van der Waals surface area (Å²) in [6, 6.07) is 0. The van der Waals surface area contributed by atoms with Crippen LogP contribution in [0.5, 0.6) is 0 Å². The molecular weight excluding hydrogens is 210 g/mol. The molecule has 3 heteroatoms. The summed E-state index contributed by atoms with van der Waals surface area (Å²) in [5.74, 6) is 0. The van der Waals surface area contributed by atoms with Crippen molar-refractivity contribution in [3.8, 4) is 0 Å². The first-order valence-electron chi connectivity index (χ1n) is 6.98. The van der Waals surface area contributed by atoms with Crippen LogP contribution in [-0.2, 0) is 0 Å². The maximum absolute atomic E-state index is 3.58. The molecule has 1 heterocycles. The number of nitrogens with zero attached hydrogens (tertiary/aromatic N) is 1. The third-order valence-corrected chi connectivity index (χ3v) is 3.54. The molecule has 1 saturated heterocycles. The van der Waals surface area contributed by atoms with Gasteiger partial charge in [-0.15, -0.1) is 0 Å². The summed E-state index contributed by atoms with van der Waals surface area (Å²) in [4.78, 5) is 2.61. The molecule has 17 heavy (non-hydrogen) atoms. The van der Waals surface area contributed by atoms with Gasteiger partial charge in [0.1, 0.15) is 0 Å². The van der Waals surface area contributed by atoms with Crippen molar-refractivity contribution in [2.75, 3.05) is 39.3 Å². The van der Waals surface area contributed by atoms with Gasteiger partial charge in [0.05, 0.1) is 0 Å². The molecule has 0 aliphatic carbocycles. The van der Waals surface area contributed by atoms with E-state index in [0.29, 0.717) is 11.0 Å². The molecule has 1 aliphatic rings. The largest absolute Gasteiger partial charge is 0.316 e. The molecule has 0 unspecified atom stereocenters. The number of piperazine rings is 1. The summed E-state index contributed by atoms with van der Waals surface area (Å²) in [6.45, 7) is 18.5.